The number of aliphatic imine (C=N–C) groups is 1. The minimum atomic E-state index is 0.811. The van der Waals surface area contributed by atoms with Gasteiger partial charge in [-0.15, -0.1) is 11.8 Å². The molecule has 0 amide bonds. The molecule has 0 saturated heterocycles. The molecule has 0 unspecified atom stereocenters. The van der Waals surface area contributed by atoms with E-state index in [9.17, 15) is 0 Å². The van der Waals surface area contributed by atoms with Crippen molar-refractivity contribution < 1.29 is 0 Å². The van der Waals surface area contributed by atoms with E-state index in [0.29, 0.717) is 0 Å². The van der Waals surface area contributed by atoms with Crippen LogP contribution in [0.15, 0.2) is 29.3 Å². The van der Waals surface area contributed by atoms with Gasteiger partial charge in [-0.1, -0.05) is 12.2 Å². The third-order valence-corrected chi connectivity index (χ3v) is 1.41. The summed E-state index contributed by atoms with van der Waals surface area (Å²) in [5.74, 6) is 0.811. The summed E-state index contributed by atoms with van der Waals surface area (Å²) in [7, 11) is 0. The van der Waals surface area contributed by atoms with E-state index in [1.54, 1.807) is 17.8 Å². The summed E-state index contributed by atoms with van der Waals surface area (Å²) in [6, 6.07) is 0. The molecule has 0 atom stereocenters. The quantitative estimate of drug-likeness (QED) is 0.589. The van der Waals surface area contributed by atoms with Crippen molar-refractivity contribution >= 4 is 17.5 Å². The second-order valence-corrected chi connectivity index (χ2v) is 3.26. The molecule has 0 heterocycles. The molecule has 1 nitrogen and oxygen atoms in total. The molecule has 0 bridgehead atoms. The fourth-order valence-electron chi connectivity index (χ4n) is 0.604. The zero-order chi connectivity index (χ0) is 8.69. The van der Waals surface area contributed by atoms with Crippen LogP contribution in [0.25, 0.3) is 0 Å². The lowest BCUT2D eigenvalue weighted by molar-refractivity contribution is 1.36. The zero-order valence-electron chi connectivity index (χ0n) is 7.42. The van der Waals surface area contributed by atoms with E-state index in [1.807, 2.05) is 12.3 Å². The minimum absolute atomic E-state index is 0.811. The Labute approximate surface area is 73.3 Å². The fraction of sp³-hybridized carbons (Fsp3) is 0.444. The lowest BCUT2D eigenvalue weighted by atomic mass is 10.2. The number of thioether (sulfide) groups is 1. The third-order valence-electron chi connectivity index (χ3n) is 1.02. The van der Waals surface area contributed by atoms with Gasteiger partial charge in [-0.3, -0.25) is 4.99 Å². The van der Waals surface area contributed by atoms with Crippen molar-refractivity contribution in [1.29, 1.82) is 0 Å². The van der Waals surface area contributed by atoms with Crippen molar-refractivity contribution in [3.63, 3.8) is 0 Å². The van der Waals surface area contributed by atoms with Crippen LogP contribution in [0.2, 0.25) is 0 Å². The van der Waals surface area contributed by atoms with Gasteiger partial charge in [-0.05, 0) is 32.3 Å². The normalized spacial score (nSPS) is 11.0. The molecule has 0 aliphatic rings. The molecule has 0 saturated carbocycles. The number of nitrogens with zero attached hydrogens (tertiary/aromatic N) is 1. The smallest absolute Gasteiger partial charge is 0.0848 e. The van der Waals surface area contributed by atoms with Crippen LogP contribution in [0.3, 0.4) is 0 Å². The molecule has 0 radical (unpaired) electrons. The predicted molar refractivity (Wildman–Crippen MR) is 55.4 cm³/mol. The van der Waals surface area contributed by atoms with Crippen LogP contribution in [0.1, 0.15) is 13.8 Å². The topological polar surface area (TPSA) is 12.4 Å². The Morgan fingerprint density at radius 3 is 2.55 bits per heavy atom. The van der Waals surface area contributed by atoms with Gasteiger partial charge in [0.1, 0.15) is 0 Å². The van der Waals surface area contributed by atoms with E-state index in [1.165, 1.54) is 5.57 Å². The summed E-state index contributed by atoms with van der Waals surface area (Å²) in [5, 5.41) is 0. The van der Waals surface area contributed by atoms with Crippen LogP contribution in [0.4, 0.5) is 0 Å². The first kappa shape index (κ1) is 10.5. The molecule has 0 aromatic rings. The highest BCUT2D eigenvalue weighted by Gasteiger charge is 1.86. The van der Waals surface area contributed by atoms with E-state index in [0.717, 1.165) is 11.6 Å². The number of hydrogen-bond acceptors (Lipinski definition) is 2. The summed E-state index contributed by atoms with van der Waals surface area (Å²) in [6.07, 6.45) is 5.85. The first-order valence-electron chi connectivity index (χ1n) is 3.51. The summed E-state index contributed by atoms with van der Waals surface area (Å²) < 4.78 is 0. The summed E-state index contributed by atoms with van der Waals surface area (Å²) in [4.78, 5) is 4.29. The maximum Gasteiger partial charge on any atom is 0.0848 e. The predicted octanol–water partition coefficient (Wildman–Crippen LogP) is 2.90. The Balaban J connectivity index is 4.16. The van der Waals surface area contributed by atoms with Crippen molar-refractivity contribution in [2.24, 2.45) is 4.99 Å². The molecule has 0 fully saturated rings. The number of allylic oxidation sites excluding steroid dienone is 3. The molecule has 0 spiro atoms. The van der Waals surface area contributed by atoms with Gasteiger partial charge in [0.25, 0.3) is 0 Å². The van der Waals surface area contributed by atoms with Crippen molar-refractivity contribution in [3.05, 3.63) is 24.3 Å². The van der Waals surface area contributed by atoms with Gasteiger partial charge < -0.3 is 0 Å². The van der Waals surface area contributed by atoms with Gasteiger partial charge in [0, 0.05) is 0 Å². The maximum atomic E-state index is 4.29. The SMILES string of the molecule is C=CC(C=C(C)C)=NCSC. The molecular formula is C9H15NS. The molecule has 11 heavy (non-hydrogen) atoms. The Bertz CT molecular complexity index is 176. The monoisotopic (exact) mass is 169 g/mol. The average Bonchev–Trinajstić information content (AvgIpc) is 1.97. The van der Waals surface area contributed by atoms with E-state index >= 15 is 0 Å². The van der Waals surface area contributed by atoms with Gasteiger partial charge in [0.05, 0.1) is 11.6 Å². The molecule has 2 heteroatoms. The molecule has 62 valence electrons. The summed E-state index contributed by atoms with van der Waals surface area (Å²) >= 11 is 1.71. The van der Waals surface area contributed by atoms with Crippen molar-refractivity contribution in [2.45, 2.75) is 13.8 Å². The molecule has 0 aromatic heterocycles. The Morgan fingerprint density at radius 2 is 2.18 bits per heavy atom. The van der Waals surface area contributed by atoms with Crippen LogP contribution in [0, 0.1) is 0 Å². The molecule has 0 N–H and O–H groups in total. The maximum absolute atomic E-state index is 4.29. The molecular weight excluding hydrogens is 154 g/mol. The fourth-order valence-corrected chi connectivity index (χ4v) is 0.882. The highest BCUT2D eigenvalue weighted by atomic mass is 32.2. The van der Waals surface area contributed by atoms with Crippen LogP contribution >= 0.6 is 11.8 Å². The van der Waals surface area contributed by atoms with E-state index < -0.39 is 0 Å². The lowest BCUT2D eigenvalue weighted by Gasteiger charge is -1.93. The average molecular weight is 169 g/mol. The molecule has 0 rings (SSSR count). The number of hydrogen-bond donors (Lipinski definition) is 0. The van der Waals surface area contributed by atoms with Gasteiger partial charge in [0.15, 0.2) is 0 Å². The van der Waals surface area contributed by atoms with Gasteiger partial charge in [-0.25, -0.2) is 0 Å². The van der Waals surface area contributed by atoms with Crippen LogP contribution < -0.4 is 0 Å². The van der Waals surface area contributed by atoms with Crippen molar-refractivity contribution in [1.82, 2.24) is 0 Å². The van der Waals surface area contributed by atoms with Crippen LogP contribution in [-0.4, -0.2) is 17.8 Å². The molecule has 0 aromatic carbocycles. The highest BCUT2D eigenvalue weighted by molar-refractivity contribution is 7.98. The van der Waals surface area contributed by atoms with Gasteiger partial charge in [0.2, 0.25) is 0 Å². The first-order chi connectivity index (χ1) is 5.20. The van der Waals surface area contributed by atoms with Crippen LogP contribution in [0.5, 0.6) is 0 Å². The molecule has 0 aliphatic heterocycles. The lowest BCUT2D eigenvalue weighted by Crippen LogP contribution is -1.88. The Morgan fingerprint density at radius 1 is 1.55 bits per heavy atom. The molecule has 0 aliphatic carbocycles. The standard InChI is InChI=1S/C9H15NS/c1-5-9(6-8(2)3)10-7-11-4/h5-6H,1,7H2,2-4H3. The third kappa shape index (κ3) is 5.92. The first-order valence-corrected chi connectivity index (χ1v) is 4.90. The van der Waals surface area contributed by atoms with Gasteiger partial charge >= 0.3 is 0 Å². The zero-order valence-corrected chi connectivity index (χ0v) is 8.24. The second-order valence-electron chi connectivity index (χ2n) is 2.43. The van der Waals surface area contributed by atoms with E-state index in [-0.39, 0.29) is 0 Å². The minimum Gasteiger partial charge on any atom is -0.275 e. The Kier molecular flexibility index (Phi) is 5.94. The van der Waals surface area contributed by atoms with Gasteiger partial charge in [-0.2, -0.15) is 0 Å². The number of rotatable bonds is 4. The highest BCUT2D eigenvalue weighted by Crippen LogP contribution is 1.96. The Hall–Kier alpha value is -0.500. The van der Waals surface area contributed by atoms with E-state index in [2.05, 4.69) is 25.4 Å². The van der Waals surface area contributed by atoms with Crippen molar-refractivity contribution in [2.75, 3.05) is 12.1 Å². The second kappa shape index (κ2) is 6.23. The summed E-state index contributed by atoms with van der Waals surface area (Å²) in [6.45, 7) is 7.79. The van der Waals surface area contributed by atoms with Crippen molar-refractivity contribution in [3.8, 4) is 0 Å². The van der Waals surface area contributed by atoms with Crippen LogP contribution in [-0.2, 0) is 0 Å². The van der Waals surface area contributed by atoms with E-state index in [4.69, 9.17) is 0 Å². The largest absolute Gasteiger partial charge is 0.275 e. The summed E-state index contributed by atoms with van der Waals surface area (Å²) in [5.41, 5.74) is 2.23.